The molecule has 0 amide bonds. The molecule has 0 spiro atoms. The lowest BCUT2D eigenvalue weighted by molar-refractivity contribution is 0.586. The largest absolute Gasteiger partial charge is 0.369 e. The molecule has 4 N–H and O–H groups in total. The highest BCUT2D eigenvalue weighted by atomic mass is 35.5. The third-order valence-electron chi connectivity index (χ3n) is 3.63. The fourth-order valence-electron chi connectivity index (χ4n) is 2.58. The summed E-state index contributed by atoms with van der Waals surface area (Å²) in [7, 11) is 0. The number of hydrogen-bond acceptors (Lipinski definition) is 4. The monoisotopic (exact) mass is 296 g/mol. The van der Waals surface area contributed by atoms with Gasteiger partial charge in [-0.3, -0.25) is 0 Å². The summed E-state index contributed by atoms with van der Waals surface area (Å²) in [6.07, 6.45) is 2.20. The molecular weight excluding hydrogens is 272 g/mol. The second-order valence-corrected chi connectivity index (χ2v) is 5.59. The van der Waals surface area contributed by atoms with Crippen LogP contribution in [-0.4, -0.2) is 45.8 Å². The molecule has 1 aromatic carbocycles. The second-order valence-electron chi connectivity index (χ2n) is 5.15. The quantitative estimate of drug-likeness (QED) is 0.663. The van der Waals surface area contributed by atoms with Gasteiger partial charge in [-0.05, 0) is 37.1 Å². The summed E-state index contributed by atoms with van der Waals surface area (Å²) in [6.45, 7) is 6.81. The first-order valence-corrected chi connectivity index (χ1v) is 7.84. The second kappa shape index (κ2) is 8.47. The van der Waals surface area contributed by atoms with Gasteiger partial charge in [0.2, 0.25) is 0 Å². The molecule has 0 unspecified atom stereocenters. The molecule has 0 aromatic heterocycles. The van der Waals surface area contributed by atoms with Gasteiger partial charge in [0.1, 0.15) is 0 Å². The van der Waals surface area contributed by atoms with E-state index < -0.39 is 0 Å². The molecule has 2 rings (SSSR count). The van der Waals surface area contributed by atoms with E-state index in [4.69, 9.17) is 17.3 Å². The lowest BCUT2D eigenvalue weighted by atomic mass is 10.1. The highest BCUT2D eigenvalue weighted by Gasteiger charge is 2.14. The van der Waals surface area contributed by atoms with Crippen LogP contribution in [0.3, 0.4) is 0 Å². The average Bonchev–Trinajstić information content (AvgIpc) is 2.49. The van der Waals surface area contributed by atoms with Crippen LogP contribution < -0.4 is 21.3 Å². The Balaban J connectivity index is 1.96. The molecular formula is C15H25ClN4. The molecule has 0 bridgehead atoms. The van der Waals surface area contributed by atoms with Crippen molar-refractivity contribution in [2.24, 2.45) is 5.73 Å². The van der Waals surface area contributed by atoms with Crippen LogP contribution in [0.1, 0.15) is 12.0 Å². The summed E-state index contributed by atoms with van der Waals surface area (Å²) in [5.41, 5.74) is 8.17. The molecule has 0 aliphatic carbocycles. The van der Waals surface area contributed by atoms with Crippen LogP contribution in [-0.2, 0) is 6.42 Å². The number of nitrogens with zero attached hydrogens (tertiary/aromatic N) is 1. The first kappa shape index (κ1) is 15.6. The maximum absolute atomic E-state index is 6.17. The summed E-state index contributed by atoms with van der Waals surface area (Å²) < 4.78 is 0. The van der Waals surface area contributed by atoms with E-state index in [0.717, 1.165) is 57.1 Å². The van der Waals surface area contributed by atoms with E-state index in [9.17, 15) is 0 Å². The molecule has 1 aliphatic rings. The lowest BCUT2D eigenvalue weighted by Gasteiger charge is -2.31. The minimum atomic E-state index is 0.701. The van der Waals surface area contributed by atoms with E-state index in [-0.39, 0.29) is 0 Å². The molecule has 1 fully saturated rings. The van der Waals surface area contributed by atoms with Gasteiger partial charge in [-0.2, -0.15) is 0 Å². The number of halogens is 1. The van der Waals surface area contributed by atoms with Crippen LogP contribution in [0.4, 0.5) is 5.69 Å². The molecule has 1 heterocycles. The zero-order chi connectivity index (χ0) is 14.2. The third kappa shape index (κ3) is 4.63. The van der Waals surface area contributed by atoms with Gasteiger partial charge in [0.15, 0.2) is 0 Å². The summed E-state index contributed by atoms with van der Waals surface area (Å²) in [5, 5.41) is 7.55. The molecule has 1 saturated heterocycles. The van der Waals surface area contributed by atoms with Crippen LogP contribution in [0.5, 0.6) is 0 Å². The number of nitrogens with two attached hydrogens (primary N) is 1. The predicted octanol–water partition coefficient (Wildman–Crippen LogP) is 1.23. The van der Waals surface area contributed by atoms with Crippen molar-refractivity contribution < 1.29 is 0 Å². The van der Waals surface area contributed by atoms with E-state index in [0.29, 0.717) is 6.54 Å². The van der Waals surface area contributed by atoms with E-state index in [1.54, 1.807) is 0 Å². The van der Waals surface area contributed by atoms with Crippen molar-refractivity contribution in [3.63, 3.8) is 0 Å². The SMILES string of the molecule is NCCNCCCc1ccc(Cl)cc1N1CCNCC1. The van der Waals surface area contributed by atoms with Gasteiger partial charge in [0.25, 0.3) is 0 Å². The summed E-state index contributed by atoms with van der Waals surface area (Å²) in [6, 6.07) is 6.27. The minimum Gasteiger partial charge on any atom is -0.369 e. The highest BCUT2D eigenvalue weighted by Crippen LogP contribution is 2.26. The first-order valence-electron chi connectivity index (χ1n) is 7.46. The molecule has 20 heavy (non-hydrogen) atoms. The van der Waals surface area contributed by atoms with Gasteiger partial charge < -0.3 is 21.3 Å². The Kier molecular flexibility index (Phi) is 6.60. The number of aryl methyl sites for hydroxylation is 1. The van der Waals surface area contributed by atoms with Crippen molar-refractivity contribution in [2.45, 2.75) is 12.8 Å². The van der Waals surface area contributed by atoms with E-state index >= 15 is 0 Å². The predicted molar refractivity (Wildman–Crippen MR) is 86.8 cm³/mol. The van der Waals surface area contributed by atoms with Crippen LogP contribution in [0.25, 0.3) is 0 Å². The topological polar surface area (TPSA) is 53.3 Å². The van der Waals surface area contributed by atoms with Crippen molar-refractivity contribution in [1.29, 1.82) is 0 Å². The van der Waals surface area contributed by atoms with E-state index in [1.165, 1.54) is 11.3 Å². The van der Waals surface area contributed by atoms with Gasteiger partial charge >= 0.3 is 0 Å². The van der Waals surface area contributed by atoms with Gasteiger partial charge in [0.05, 0.1) is 0 Å². The lowest BCUT2D eigenvalue weighted by Crippen LogP contribution is -2.43. The Hall–Kier alpha value is -0.810. The molecule has 0 saturated carbocycles. The first-order chi connectivity index (χ1) is 9.81. The summed E-state index contributed by atoms with van der Waals surface area (Å²) in [5.74, 6) is 0. The highest BCUT2D eigenvalue weighted by molar-refractivity contribution is 6.30. The molecule has 1 aromatic rings. The minimum absolute atomic E-state index is 0.701. The van der Waals surface area contributed by atoms with Crippen molar-refractivity contribution >= 4 is 17.3 Å². The zero-order valence-corrected chi connectivity index (χ0v) is 12.8. The average molecular weight is 297 g/mol. The van der Waals surface area contributed by atoms with Crippen molar-refractivity contribution in [1.82, 2.24) is 10.6 Å². The molecule has 4 nitrogen and oxygen atoms in total. The molecule has 1 aliphatic heterocycles. The normalized spacial score (nSPS) is 15.6. The molecule has 0 radical (unpaired) electrons. The Morgan fingerprint density at radius 1 is 1.25 bits per heavy atom. The van der Waals surface area contributed by atoms with Crippen LogP contribution in [0, 0.1) is 0 Å². The number of nitrogens with one attached hydrogen (secondary N) is 2. The maximum Gasteiger partial charge on any atom is 0.0426 e. The summed E-state index contributed by atoms with van der Waals surface area (Å²) in [4.78, 5) is 2.44. The number of benzene rings is 1. The van der Waals surface area contributed by atoms with Crippen LogP contribution in [0.2, 0.25) is 5.02 Å². The van der Waals surface area contributed by atoms with Gasteiger partial charge in [-0.25, -0.2) is 0 Å². The fourth-order valence-corrected chi connectivity index (χ4v) is 2.75. The third-order valence-corrected chi connectivity index (χ3v) is 3.86. The van der Waals surface area contributed by atoms with Crippen LogP contribution in [0.15, 0.2) is 18.2 Å². The van der Waals surface area contributed by atoms with Gasteiger partial charge in [-0.15, -0.1) is 0 Å². The molecule has 0 atom stereocenters. The number of anilines is 1. The number of hydrogen-bond donors (Lipinski definition) is 3. The number of rotatable bonds is 7. The smallest absolute Gasteiger partial charge is 0.0426 e. The molecule has 5 heteroatoms. The summed E-state index contributed by atoms with van der Waals surface area (Å²) >= 11 is 6.17. The van der Waals surface area contributed by atoms with Crippen molar-refractivity contribution in [3.05, 3.63) is 28.8 Å². The van der Waals surface area contributed by atoms with Gasteiger partial charge in [0, 0.05) is 50.0 Å². The fraction of sp³-hybridized carbons (Fsp3) is 0.600. The Labute approximate surface area is 126 Å². The zero-order valence-electron chi connectivity index (χ0n) is 12.0. The van der Waals surface area contributed by atoms with Crippen LogP contribution >= 0.6 is 11.6 Å². The Bertz CT molecular complexity index is 405. The van der Waals surface area contributed by atoms with Gasteiger partial charge in [-0.1, -0.05) is 17.7 Å². The standard InChI is InChI=1S/C15H25ClN4/c16-14-4-3-13(2-1-6-18-7-5-17)15(12-14)20-10-8-19-9-11-20/h3-4,12,18-19H,1-2,5-11,17H2. The Morgan fingerprint density at radius 2 is 2.05 bits per heavy atom. The van der Waals surface area contributed by atoms with Crippen molar-refractivity contribution in [3.8, 4) is 0 Å². The molecule has 112 valence electrons. The maximum atomic E-state index is 6.17. The van der Waals surface area contributed by atoms with E-state index in [1.807, 2.05) is 6.07 Å². The van der Waals surface area contributed by atoms with Crippen molar-refractivity contribution in [2.75, 3.05) is 50.7 Å². The number of piperazine rings is 1. The van der Waals surface area contributed by atoms with E-state index in [2.05, 4.69) is 27.7 Å². The Morgan fingerprint density at radius 3 is 2.80 bits per heavy atom.